The molecule has 2 saturated carbocycles. The molecule has 0 aromatic heterocycles. The molecule has 1 nitrogen and oxygen atoms in total. The van der Waals surface area contributed by atoms with Crippen molar-refractivity contribution in [2.45, 2.75) is 58.8 Å². The van der Waals surface area contributed by atoms with Crippen LogP contribution in [0.5, 0.6) is 0 Å². The van der Waals surface area contributed by atoms with Crippen LogP contribution in [0.25, 0.3) is 0 Å². The van der Waals surface area contributed by atoms with Gasteiger partial charge < -0.3 is 4.79 Å². The lowest BCUT2D eigenvalue weighted by Crippen LogP contribution is -2.29. The summed E-state index contributed by atoms with van der Waals surface area (Å²) in [6, 6.07) is 0. The number of carbonyl (C=O) groups is 1. The predicted octanol–water partition coefficient (Wildman–Crippen LogP) is 4.06. The van der Waals surface area contributed by atoms with Crippen LogP contribution in [0, 0.1) is 29.6 Å². The van der Waals surface area contributed by atoms with Crippen molar-refractivity contribution in [3.63, 3.8) is 0 Å². The van der Waals surface area contributed by atoms with Gasteiger partial charge in [-0.25, -0.2) is 0 Å². The molecule has 0 aromatic carbocycles. The van der Waals surface area contributed by atoms with Crippen molar-refractivity contribution in [2.24, 2.45) is 29.6 Å². The lowest BCUT2D eigenvalue weighted by Gasteiger charge is -2.39. The summed E-state index contributed by atoms with van der Waals surface area (Å²) in [4.78, 5) is 10.7. The minimum Gasteiger partial charge on any atom is -0.303 e. The van der Waals surface area contributed by atoms with Crippen LogP contribution in [0.15, 0.2) is 0 Å². The highest BCUT2D eigenvalue weighted by molar-refractivity contribution is 5.53. The van der Waals surface area contributed by atoms with Gasteiger partial charge in [-0.05, 0) is 62.2 Å². The van der Waals surface area contributed by atoms with E-state index in [0.717, 1.165) is 36.5 Å². The Kier molecular flexibility index (Phi) is 4.05. The van der Waals surface area contributed by atoms with Gasteiger partial charge in [0, 0.05) is 5.92 Å². The predicted molar refractivity (Wildman–Crippen MR) is 67.2 cm³/mol. The van der Waals surface area contributed by atoms with Gasteiger partial charge in [0.15, 0.2) is 0 Å². The van der Waals surface area contributed by atoms with Crippen molar-refractivity contribution in [1.29, 1.82) is 0 Å². The van der Waals surface area contributed by atoms with Gasteiger partial charge in [-0.2, -0.15) is 0 Å². The summed E-state index contributed by atoms with van der Waals surface area (Å²) >= 11 is 0. The quantitative estimate of drug-likeness (QED) is 0.644. The van der Waals surface area contributed by atoms with E-state index in [0.29, 0.717) is 5.92 Å². The van der Waals surface area contributed by atoms with E-state index in [1.54, 1.807) is 0 Å². The van der Waals surface area contributed by atoms with Crippen molar-refractivity contribution in [3.8, 4) is 0 Å². The first-order chi connectivity index (χ1) is 7.70. The van der Waals surface area contributed by atoms with E-state index in [4.69, 9.17) is 0 Å². The smallest absolute Gasteiger partial charge is 0.123 e. The van der Waals surface area contributed by atoms with Crippen LogP contribution in [0.2, 0.25) is 0 Å². The maximum absolute atomic E-state index is 10.7. The fraction of sp³-hybridized carbons (Fsp3) is 0.933. The van der Waals surface area contributed by atoms with Gasteiger partial charge in [0.25, 0.3) is 0 Å². The number of hydrogen-bond donors (Lipinski definition) is 0. The largest absolute Gasteiger partial charge is 0.303 e. The third kappa shape index (κ3) is 2.67. The van der Waals surface area contributed by atoms with Crippen LogP contribution >= 0.6 is 0 Å². The maximum atomic E-state index is 10.7. The van der Waals surface area contributed by atoms with Crippen molar-refractivity contribution in [2.75, 3.05) is 0 Å². The average Bonchev–Trinajstić information content (AvgIpc) is 2.33. The van der Waals surface area contributed by atoms with Gasteiger partial charge in [0.1, 0.15) is 6.29 Å². The number of aldehydes is 1. The molecule has 0 aromatic rings. The fourth-order valence-electron chi connectivity index (χ4n) is 3.77. The van der Waals surface area contributed by atoms with Crippen LogP contribution < -0.4 is 0 Å². The summed E-state index contributed by atoms with van der Waals surface area (Å²) in [6.45, 7) is 4.83. The molecule has 0 radical (unpaired) electrons. The Labute approximate surface area is 100.0 Å². The Morgan fingerprint density at radius 1 is 0.812 bits per heavy atom. The Hall–Kier alpha value is -0.330. The normalized spacial score (nSPS) is 45.2. The average molecular weight is 222 g/mol. The molecular formula is C15H26O. The molecule has 0 amide bonds. The minimum atomic E-state index is 0.385. The lowest BCUT2D eigenvalue weighted by atomic mass is 9.67. The van der Waals surface area contributed by atoms with Gasteiger partial charge in [-0.1, -0.05) is 20.3 Å². The highest BCUT2D eigenvalue weighted by Crippen LogP contribution is 2.42. The molecule has 2 aliphatic rings. The summed E-state index contributed by atoms with van der Waals surface area (Å²) in [5, 5.41) is 0. The van der Waals surface area contributed by atoms with Gasteiger partial charge in [-0.3, -0.25) is 0 Å². The molecule has 2 aliphatic carbocycles. The molecule has 0 heterocycles. The first-order valence-electron chi connectivity index (χ1n) is 7.16. The molecule has 0 spiro atoms. The molecule has 2 fully saturated rings. The molecule has 16 heavy (non-hydrogen) atoms. The summed E-state index contributed by atoms with van der Waals surface area (Å²) in [5.41, 5.74) is 0. The van der Waals surface area contributed by atoms with Gasteiger partial charge in [0.05, 0.1) is 0 Å². The minimum absolute atomic E-state index is 0.385. The van der Waals surface area contributed by atoms with Crippen molar-refractivity contribution < 1.29 is 4.79 Å². The fourth-order valence-corrected chi connectivity index (χ4v) is 3.77. The van der Waals surface area contributed by atoms with Gasteiger partial charge in [0.2, 0.25) is 0 Å². The van der Waals surface area contributed by atoms with E-state index in [1.807, 2.05) is 0 Å². The van der Waals surface area contributed by atoms with Crippen molar-refractivity contribution in [1.82, 2.24) is 0 Å². The summed E-state index contributed by atoms with van der Waals surface area (Å²) < 4.78 is 0. The molecule has 1 heteroatoms. The van der Waals surface area contributed by atoms with E-state index in [9.17, 15) is 4.79 Å². The van der Waals surface area contributed by atoms with Gasteiger partial charge >= 0.3 is 0 Å². The Bertz CT molecular complexity index is 228. The van der Waals surface area contributed by atoms with Crippen LogP contribution in [0.4, 0.5) is 0 Å². The highest BCUT2D eigenvalue weighted by atomic mass is 16.1. The molecule has 0 N–H and O–H groups in total. The zero-order chi connectivity index (χ0) is 11.5. The van der Waals surface area contributed by atoms with Crippen LogP contribution in [0.3, 0.4) is 0 Å². The zero-order valence-electron chi connectivity index (χ0n) is 10.8. The van der Waals surface area contributed by atoms with E-state index >= 15 is 0 Å². The van der Waals surface area contributed by atoms with Crippen molar-refractivity contribution in [3.05, 3.63) is 0 Å². The second kappa shape index (κ2) is 5.33. The Balaban J connectivity index is 1.83. The second-order valence-electron chi connectivity index (χ2n) is 6.34. The molecule has 3 unspecified atom stereocenters. The summed E-state index contributed by atoms with van der Waals surface area (Å²) in [5.74, 6) is 4.14. The first kappa shape index (κ1) is 12.1. The standard InChI is InChI=1S/C15H26O/c1-11-3-6-15(9-12(11)2)14-7-4-13(10-16)5-8-14/h10-15H,3-9H2,1-2H3. The van der Waals surface area contributed by atoms with E-state index in [-0.39, 0.29) is 0 Å². The highest BCUT2D eigenvalue weighted by Gasteiger charge is 2.32. The number of carbonyl (C=O) groups excluding carboxylic acids is 1. The Morgan fingerprint density at radius 3 is 2.00 bits per heavy atom. The molecule has 0 aliphatic heterocycles. The molecule has 3 atom stereocenters. The third-order valence-electron chi connectivity index (χ3n) is 5.31. The molecule has 92 valence electrons. The van der Waals surface area contributed by atoms with E-state index in [1.165, 1.54) is 38.4 Å². The molecule has 2 rings (SSSR count). The topological polar surface area (TPSA) is 17.1 Å². The monoisotopic (exact) mass is 222 g/mol. The molecule has 0 bridgehead atoms. The van der Waals surface area contributed by atoms with Crippen molar-refractivity contribution >= 4 is 6.29 Å². The SMILES string of the molecule is CC1CCC(C2CCC(C=O)CC2)CC1C. The number of rotatable bonds is 2. The summed E-state index contributed by atoms with van der Waals surface area (Å²) in [6.07, 6.45) is 10.5. The summed E-state index contributed by atoms with van der Waals surface area (Å²) in [7, 11) is 0. The van der Waals surface area contributed by atoms with Gasteiger partial charge in [-0.15, -0.1) is 0 Å². The molecular weight excluding hydrogens is 196 g/mol. The third-order valence-corrected chi connectivity index (χ3v) is 5.31. The number of hydrogen-bond acceptors (Lipinski definition) is 1. The maximum Gasteiger partial charge on any atom is 0.123 e. The second-order valence-corrected chi connectivity index (χ2v) is 6.34. The van der Waals surface area contributed by atoms with E-state index in [2.05, 4.69) is 13.8 Å². The first-order valence-corrected chi connectivity index (χ1v) is 7.16. The lowest BCUT2D eigenvalue weighted by molar-refractivity contribution is -0.112. The van der Waals surface area contributed by atoms with Crippen LogP contribution in [-0.2, 0) is 4.79 Å². The van der Waals surface area contributed by atoms with Crippen LogP contribution in [-0.4, -0.2) is 6.29 Å². The van der Waals surface area contributed by atoms with Crippen LogP contribution in [0.1, 0.15) is 58.8 Å². The van der Waals surface area contributed by atoms with E-state index < -0.39 is 0 Å². The zero-order valence-corrected chi connectivity index (χ0v) is 10.8. The molecule has 0 saturated heterocycles. The Morgan fingerprint density at radius 2 is 1.44 bits per heavy atom.